The van der Waals surface area contributed by atoms with Gasteiger partial charge >= 0.3 is 0 Å². The Balaban J connectivity index is 1.08. The van der Waals surface area contributed by atoms with Gasteiger partial charge in [-0.05, 0) is 183 Å². The first-order valence-electron chi connectivity index (χ1n) is 28.9. The summed E-state index contributed by atoms with van der Waals surface area (Å²) < 4.78 is 0. The van der Waals surface area contributed by atoms with Crippen LogP contribution >= 0.6 is 0 Å². The average molecular weight is 1080 g/mol. The number of benzene rings is 11. The van der Waals surface area contributed by atoms with Crippen molar-refractivity contribution in [2.45, 2.75) is 59.3 Å². The highest BCUT2D eigenvalue weighted by Crippen LogP contribution is 2.51. The quantitative estimate of drug-likeness (QED) is 0.138. The van der Waals surface area contributed by atoms with Crippen LogP contribution in [-0.4, -0.2) is 6.71 Å². The zero-order chi connectivity index (χ0) is 57.9. The fourth-order valence-electron chi connectivity index (χ4n) is 12.6. The topological polar surface area (TPSA) is 69.3 Å². The van der Waals surface area contributed by atoms with Gasteiger partial charge in [-0.15, -0.1) is 0 Å². The van der Waals surface area contributed by atoms with Crippen molar-refractivity contribution in [3.05, 3.63) is 277 Å². The molecule has 0 bridgehead atoms. The summed E-state index contributed by atoms with van der Waals surface area (Å²) in [6.45, 7) is 15.6. The van der Waals surface area contributed by atoms with Crippen LogP contribution in [0.15, 0.2) is 249 Å². The van der Waals surface area contributed by atoms with E-state index in [0.717, 1.165) is 118 Å². The second kappa shape index (κ2) is 21.2. The van der Waals surface area contributed by atoms with Crippen molar-refractivity contribution in [3.8, 4) is 45.5 Å². The Kier molecular flexibility index (Phi) is 13.4. The summed E-state index contributed by atoms with van der Waals surface area (Å²) in [5.74, 6) is 0. The molecule has 0 saturated heterocycles. The normalized spacial score (nSPS) is 12.2. The maximum atomic E-state index is 11.0. The summed E-state index contributed by atoms with van der Waals surface area (Å²) in [5.41, 5.74) is 25.2. The SMILES string of the molecule is Cc1cc2c3c(c1)N(c1ccc(C(C)(C)C)cc1-c1ccccc1)c1cc(-c4cc(C#N)cc(C(C)(C)C)c4N(c4ccccc4)c4ccccc4)ccc1B3c1ccc(-c3cc(C#N)ccc3N(c3ccccc3)c3ccccc3)cc1N2. The molecule has 2 heterocycles. The fraction of sp³-hybridized carbons (Fsp3) is 0.117. The standard InChI is InChI=1S/C77H63BN6/c1-51-41-69-74-73(42-51)84(71-40-36-57(76(2,3)4)48-63(71)54-23-13-8-14-24-54)72-47-56(64-44-53(50-80)45-65(77(5,6)7)75(64)83(60-29-19-11-20-30-60)61-31-21-12-22-32-61)35-38-67(72)78(74)66-37-34-55(46-68(66)81-69)62-43-52(49-79)33-39-70(62)82(58-25-15-9-16-26-58)59-27-17-10-18-28-59/h8-48,81H,1-7H3. The van der Waals surface area contributed by atoms with Crippen molar-refractivity contribution in [2.24, 2.45) is 0 Å². The van der Waals surface area contributed by atoms with Crippen molar-refractivity contribution in [1.29, 1.82) is 10.5 Å². The molecule has 11 aromatic carbocycles. The van der Waals surface area contributed by atoms with Gasteiger partial charge in [0, 0.05) is 62.2 Å². The molecule has 0 aliphatic carbocycles. The molecule has 0 fully saturated rings. The lowest BCUT2D eigenvalue weighted by Gasteiger charge is -2.42. The molecule has 0 unspecified atom stereocenters. The molecule has 0 atom stereocenters. The molecule has 6 nitrogen and oxygen atoms in total. The van der Waals surface area contributed by atoms with Gasteiger partial charge in [-0.2, -0.15) is 10.5 Å². The van der Waals surface area contributed by atoms with Crippen LogP contribution in [0, 0.1) is 29.6 Å². The Morgan fingerprint density at radius 2 is 0.964 bits per heavy atom. The van der Waals surface area contributed by atoms with Gasteiger partial charge < -0.3 is 20.0 Å². The van der Waals surface area contributed by atoms with Crippen molar-refractivity contribution in [3.63, 3.8) is 0 Å². The molecular weight excluding hydrogens is 1020 g/mol. The smallest absolute Gasteiger partial charge is 0.252 e. The number of anilines is 11. The summed E-state index contributed by atoms with van der Waals surface area (Å²) in [4.78, 5) is 7.16. The van der Waals surface area contributed by atoms with E-state index in [9.17, 15) is 10.5 Å². The zero-order valence-electron chi connectivity index (χ0n) is 48.5. The van der Waals surface area contributed by atoms with Crippen molar-refractivity contribution in [1.82, 2.24) is 0 Å². The highest BCUT2D eigenvalue weighted by molar-refractivity contribution is 7.00. The molecule has 1 N–H and O–H groups in total. The van der Waals surface area contributed by atoms with Gasteiger partial charge in [0.15, 0.2) is 0 Å². The van der Waals surface area contributed by atoms with Crippen LogP contribution in [0.25, 0.3) is 33.4 Å². The Morgan fingerprint density at radius 1 is 0.417 bits per heavy atom. The molecule has 404 valence electrons. The number of hydrogen-bond donors (Lipinski definition) is 1. The predicted molar refractivity (Wildman–Crippen MR) is 353 cm³/mol. The van der Waals surface area contributed by atoms with Crippen LogP contribution in [0.3, 0.4) is 0 Å². The first kappa shape index (κ1) is 53.0. The van der Waals surface area contributed by atoms with Gasteiger partial charge in [0.25, 0.3) is 6.71 Å². The number of hydrogen-bond acceptors (Lipinski definition) is 6. The molecular formula is C77H63BN6. The van der Waals surface area contributed by atoms with E-state index in [0.29, 0.717) is 11.1 Å². The summed E-state index contributed by atoms with van der Waals surface area (Å²) in [6, 6.07) is 93.6. The molecule has 0 amide bonds. The van der Waals surface area contributed by atoms with Gasteiger partial charge in [-0.3, -0.25) is 0 Å². The van der Waals surface area contributed by atoms with Crippen molar-refractivity contribution in [2.75, 3.05) is 20.0 Å². The molecule has 0 radical (unpaired) electrons. The van der Waals surface area contributed by atoms with E-state index < -0.39 is 0 Å². The third-order valence-corrected chi connectivity index (χ3v) is 16.6. The van der Waals surface area contributed by atoms with Gasteiger partial charge in [0.2, 0.25) is 0 Å². The van der Waals surface area contributed by atoms with Gasteiger partial charge in [0.1, 0.15) is 0 Å². The Hall–Kier alpha value is -10.3. The minimum Gasteiger partial charge on any atom is -0.356 e. The fourth-order valence-corrected chi connectivity index (χ4v) is 12.6. The van der Waals surface area contributed by atoms with E-state index >= 15 is 0 Å². The summed E-state index contributed by atoms with van der Waals surface area (Å²) in [6.07, 6.45) is 0. The molecule has 13 rings (SSSR count). The zero-order valence-corrected chi connectivity index (χ0v) is 48.5. The number of para-hydroxylation sites is 4. The van der Waals surface area contributed by atoms with Gasteiger partial charge in [-0.25, -0.2) is 0 Å². The summed E-state index contributed by atoms with van der Waals surface area (Å²) in [5, 5.41) is 25.4. The molecule has 2 aliphatic heterocycles. The molecule has 0 saturated carbocycles. The van der Waals surface area contributed by atoms with E-state index in [1.54, 1.807) is 0 Å². The molecule has 84 heavy (non-hydrogen) atoms. The van der Waals surface area contributed by atoms with Crippen LogP contribution in [0.4, 0.5) is 62.6 Å². The third-order valence-electron chi connectivity index (χ3n) is 16.6. The van der Waals surface area contributed by atoms with E-state index in [4.69, 9.17) is 0 Å². The monoisotopic (exact) mass is 1080 g/mol. The van der Waals surface area contributed by atoms with Crippen molar-refractivity contribution >= 4 is 85.7 Å². The average Bonchev–Trinajstić information content (AvgIpc) is 0.975. The highest BCUT2D eigenvalue weighted by Gasteiger charge is 2.42. The number of fused-ring (bicyclic) bond motifs is 4. The second-order valence-corrected chi connectivity index (χ2v) is 24.2. The van der Waals surface area contributed by atoms with E-state index in [2.05, 4.69) is 305 Å². The summed E-state index contributed by atoms with van der Waals surface area (Å²) >= 11 is 0. The Morgan fingerprint density at radius 3 is 1.54 bits per heavy atom. The van der Waals surface area contributed by atoms with Crippen LogP contribution < -0.4 is 36.4 Å². The first-order chi connectivity index (χ1) is 40.7. The largest absolute Gasteiger partial charge is 0.356 e. The lowest BCUT2D eigenvalue weighted by atomic mass is 9.33. The Labute approximate surface area is 494 Å². The minimum atomic E-state index is -0.360. The number of nitrogens with one attached hydrogen (secondary N) is 1. The second-order valence-electron chi connectivity index (χ2n) is 24.2. The summed E-state index contributed by atoms with van der Waals surface area (Å²) in [7, 11) is 0. The van der Waals surface area contributed by atoms with Gasteiger partial charge in [-0.1, -0.05) is 175 Å². The van der Waals surface area contributed by atoms with E-state index in [1.165, 1.54) is 11.0 Å². The van der Waals surface area contributed by atoms with Crippen LogP contribution in [-0.2, 0) is 10.8 Å². The number of rotatable bonds is 10. The molecule has 0 spiro atoms. The lowest BCUT2D eigenvalue weighted by molar-refractivity contribution is 0.590. The van der Waals surface area contributed by atoms with E-state index in [1.807, 2.05) is 24.3 Å². The predicted octanol–water partition coefficient (Wildman–Crippen LogP) is 18.6. The molecule has 2 aliphatic rings. The number of aryl methyl sites for hydroxylation is 1. The maximum absolute atomic E-state index is 11.0. The lowest BCUT2D eigenvalue weighted by Crippen LogP contribution is -2.60. The molecule has 0 aromatic heterocycles. The third kappa shape index (κ3) is 9.54. The highest BCUT2D eigenvalue weighted by atomic mass is 15.2. The number of nitriles is 2. The first-order valence-corrected chi connectivity index (χ1v) is 28.9. The van der Waals surface area contributed by atoms with Crippen LogP contribution in [0.2, 0.25) is 0 Å². The molecule has 7 heteroatoms. The van der Waals surface area contributed by atoms with Crippen LogP contribution in [0.1, 0.15) is 69.4 Å². The van der Waals surface area contributed by atoms with Gasteiger partial charge in [0.05, 0.1) is 40.3 Å². The minimum absolute atomic E-state index is 0.108. The maximum Gasteiger partial charge on any atom is 0.252 e. The number of nitrogens with zero attached hydrogens (tertiary/aromatic N) is 5. The molecule has 11 aromatic rings. The van der Waals surface area contributed by atoms with Crippen LogP contribution in [0.5, 0.6) is 0 Å². The van der Waals surface area contributed by atoms with Crippen molar-refractivity contribution < 1.29 is 0 Å². The Bertz CT molecular complexity index is 4320. The van der Waals surface area contributed by atoms with E-state index in [-0.39, 0.29) is 17.5 Å².